The summed E-state index contributed by atoms with van der Waals surface area (Å²) < 4.78 is 27.9. The van der Waals surface area contributed by atoms with E-state index in [-0.39, 0.29) is 23.4 Å². The summed E-state index contributed by atoms with van der Waals surface area (Å²) >= 11 is 5.99. The van der Waals surface area contributed by atoms with E-state index in [1.54, 1.807) is 42.5 Å². The SMILES string of the molecule is CCC(NC(=O)CN(c1ccc(Cl)cc1)S(=O)(=O)c1ccccc1)c1ccc(C)c(C)c1. The lowest BCUT2D eigenvalue weighted by Gasteiger charge is -2.26. The minimum absolute atomic E-state index is 0.115. The molecule has 1 unspecified atom stereocenters. The lowest BCUT2D eigenvalue weighted by atomic mass is 9.99. The Balaban J connectivity index is 1.89. The number of nitrogens with one attached hydrogen (secondary N) is 1. The minimum atomic E-state index is -3.95. The van der Waals surface area contributed by atoms with Crippen molar-refractivity contribution in [2.24, 2.45) is 0 Å². The molecule has 168 valence electrons. The summed E-state index contributed by atoms with van der Waals surface area (Å²) in [5.41, 5.74) is 3.68. The summed E-state index contributed by atoms with van der Waals surface area (Å²) in [6.07, 6.45) is 0.681. The second-order valence-corrected chi connectivity index (χ2v) is 9.97. The third-order valence-electron chi connectivity index (χ3n) is 5.41. The predicted molar refractivity (Wildman–Crippen MR) is 130 cm³/mol. The molecule has 0 spiro atoms. The molecule has 0 saturated heterocycles. The summed E-state index contributed by atoms with van der Waals surface area (Å²) in [6.45, 7) is 5.71. The Morgan fingerprint density at radius 3 is 2.22 bits per heavy atom. The number of hydrogen-bond donors (Lipinski definition) is 1. The summed E-state index contributed by atoms with van der Waals surface area (Å²) in [4.78, 5) is 13.1. The van der Waals surface area contributed by atoms with Gasteiger partial charge in [-0.2, -0.15) is 0 Å². The number of hydrogen-bond acceptors (Lipinski definition) is 3. The molecule has 0 saturated carbocycles. The Hall–Kier alpha value is -2.83. The maximum Gasteiger partial charge on any atom is 0.264 e. The van der Waals surface area contributed by atoms with Crippen molar-refractivity contribution in [2.75, 3.05) is 10.8 Å². The van der Waals surface area contributed by atoms with Crippen LogP contribution in [0.15, 0.2) is 77.7 Å². The Kier molecular flexibility index (Phi) is 7.59. The van der Waals surface area contributed by atoms with Gasteiger partial charge in [-0.05, 0) is 73.4 Å². The number of benzene rings is 3. The van der Waals surface area contributed by atoms with Gasteiger partial charge in [0, 0.05) is 5.02 Å². The molecule has 0 bridgehead atoms. The van der Waals surface area contributed by atoms with Crippen LogP contribution in [0.5, 0.6) is 0 Å². The lowest BCUT2D eigenvalue weighted by molar-refractivity contribution is -0.120. The first-order valence-electron chi connectivity index (χ1n) is 10.4. The molecule has 0 heterocycles. The number of carbonyl (C=O) groups excluding carboxylic acids is 1. The molecule has 0 aliphatic carbocycles. The predicted octanol–water partition coefficient (Wildman–Crippen LogP) is 5.42. The Labute approximate surface area is 195 Å². The van der Waals surface area contributed by atoms with Gasteiger partial charge in [-0.25, -0.2) is 8.42 Å². The fourth-order valence-electron chi connectivity index (χ4n) is 3.41. The zero-order valence-corrected chi connectivity index (χ0v) is 20.0. The quantitative estimate of drug-likeness (QED) is 0.478. The fraction of sp³-hybridized carbons (Fsp3) is 0.240. The minimum Gasteiger partial charge on any atom is -0.348 e. The molecular weight excluding hydrogens is 444 g/mol. The number of amides is 1. The summed E-state index contributed by atoms with van der Waals surface area (Å²) in [7, 11) is -3.95. The van der Waals surface area contributed by atoms with E-state index in [9.17, 15) is 13.2 Å². The van der Waals surface area contributed by atoms with Crippen LogP contribution >= 0.6 is 11.6 Å². The molecule has 3 aromatic carbocycles. The highest BCUT2D eigenvalue weighted by Crippen LogP contribution is 2.26. The molecule has 0 radical (unpaired) electrons. The monoisotopic (exact) mass is 470 g/mol. The zero-order chi connectivity index (χ0) is 23.3. The smallest absolute Gasteiger partial charge is 0.264 e. The van der Waals surface area contributed by atoms with E-state index >= 15 is 0 Å². The van der Waals surface area contributed by atoms with Crippen molar-refractivity contribution in [3.8, 4) is 0 Å². The molecule has 32 heavy (non-hydrogen) atoms. The number of carbonyl (C=O) groups is 1. The molecular formula is C25H27ClN2O3S. The van der Waals surface area contributed by atoms with E-state index in [0.29, 0.717) is 17.1 Å². The number of halogens is 1. The van der Waals surface area contributed by atoms with Gasteiger partial charge in [0.05, 0.1) is 16.6 Å². The highest BCUT2D eigenvalue weighted by atomic mass is 35.5. The topological polar surface area (TPSA) is 66.5 Å². The van der Waals surface area contributed by atoms with Gasteiger partial charge in [0.1, 0.15) is 6.54 Å². The van der Waals surface area contributed by atoms with E-state index in [0.717, 1.165) is 15.4 Å². The average Bonchev–Trinajstić information content (AvgIpc) is 2.79. The third kappa shape index (κ3) is 5.50. The third-order valence-corrected chi connectivity index (χ3v) is 7.45. The molecule has 3 rings (SSSR count). The van der Waals surface area contributed by atoms with Crippen molar-refractivity contribution in [1.29, 1.82) is 0 Å². The average molecular weight is 471 g/mol. The van der Waals surface area contributed by atoms with E-state index in [4.69, 9.17) is 11.6 Å². The molecule has 5 nitrogen and oxygen atoms in total. The first kappa shape index (κ1) is 23.8. The van der Waals surface area contributed by atoms with E-state index in [2.05, 4.69) is 11.4 Å². The first-order chi connectivity index (χ1) is 15.2. The van der Waals surface area contributed by atoms with Gasteiger partial charge >= 0.3 is 0 Å². The fourth-order valence-corrected chi connectivity index (χ4v) is 4.98. The maximum atomic E-state index is 13.4. The van der Waals surface area contributed by atoms with Gasteiger partial charge in [-0.1, -0.05) is 54.9 Å². The lowest BCUT2D eigenvalue weighted by Crippen LogP contribution is -2.42. The van der Waals surface area contributed by atoms with Crippen LogP contribution < -0.4 is 9.62 Å². The van der Waals surface area contributed by atoms with Crippen molar-refractivity contribution >= 4 is 33.2 Å². The number of anilines is 1. The van der Waals surface area contributed by atoms with Crippen LogP contribution in [0.25, 0.3) is 0 Å². The van der Waals surface area contributed by atoms with Gasteiger partial charge in [0.25, 0.3) is 10.0 Å². The molecule has 0 aromatic heterocycles. The molecule has 0 aliphatic rings. The first-order valence-corrected chi connectivity index (χ1v) is 12.2. The van der Waals surface area contributed by atoms with Crippen molar-refractivity contribution in [3.05, 3.63) is 94.5 Å². The normalized spacial score (nSPS) is 12.2. The van der Waals surface area contributed by atoms with Gasteiger partial charge in [-0.15, -0.1) is 0 Å². The molecule has 0 aliphatic heterocycles. The molecule has 0 fully saturated rings. The van der Waals surface area contributed by atoms with Crippen LogP contribution in [0.4, 0.5) is 5.69 Å². The van der Waals surface area contributed by atoms with Crippen molar-refractivity contribution in [2.45, 2.75) is 38.1 Å². The second-order valence-electron chi connectivity index (χ2n) is 7.67. The van der Waals surface area contributed by atoms with Crippen LogP contribution in [0.1, 0.15) is 36.1 Å². The van der Waals surface area contributed by atoms with Gasteiger partial charge < -0.3 is 5.32 Å². The maximum absolute atomic E-state index is 13.4. The molecule has 1 amide bonds. The van der Waals surface area contributed by atoms with Crippen LogP contribution in [0.2, 0.25) is 5.02 Å². The van der Waals surface area contributed by atoms with Crippen LogP contribution in [-0.4, -0.2) is 20.9 Å². The van der Waals surface area contributed by atoms with Crippen LogP contribution in [-0.2, 0) is 14.8 Å². The van der Waals surface area contributed by atoms with Gasteiger partial charge in [-0.3, -0.25) is 9.10 Å². The zero-order valence-electron chi connectivity index (χ0n) is 18.4. The largest absolute Gasteiger partial charge is 0.348 e. The van der Waals surface area contributed by atoms with Crippen LogP contribution in [0.3, 0.4) is 0 Å². The Morgan fingerprint density at radius 1 is 0.969 bits per heavy atom. The number of sulfonamides is 1. The standard InChI is InChI=1S/C25H27ClN2O3S/c1-4-24(20-11-10-18(2)19(3)16-20)27-25(29)17-28(22-14-12-21(26)13-15-22)32(30,31)23-8-6-5-7-9-23/h5-16,24H,4,17H2,1-3H3,(H,27,29). The molecule has 3 aromatic rings. The summed E-state index contributed by atoms with van der Waals surface area (Å²) in [6, 6.07) is 20.3. The number of nitrogens with zero attached hydrogens (tertiary/aromatic N) is 1. The van der Waals surface area contributed by atoms with Crippen molar-refractivity contribution < 1.29 is 13.2 Å². The highest BCUT2D eigenvalue weighted by molar-refractivity contribution is 7.92. The summed E-state index contributed by atoms with van der Waals surface area (Å²) in [5.74, 6) is -0.385. The van der Waals surface area contributed by atoms with Crippen molar-refractivity contribution in [3.63, 3.8) is 0 Å². The summed E-state index contributed by atoms with van der Waals surface area (Å²) in [5, 5.41) is 3.48. The van der Waals surface area contributed by atoms with E-state index in [1.165, 1.54) is 17.7 Å². The van der Waals surface area contributed by atoms with E-state index in [1.807, 2.05) is 32.9 Å². The van der Waals surface area contributed by atoms with Gasteiger partial charge in [0.2, 0.25) is 5.91 Å². The number of aryl methyl sites for hydroxylation is 2. The van der Waals surface area contributed by atoms with Crippen LogP contribution in [0, 0.1) is 13.8 Å². The molecule has 1 atom stereocenters. The Morgan fingerprint density at radius 2 is 1.62 bits per heavy atom. The Bertz CT molecular complexity index is 1180. The second kappa shape index (κ2) is 10.2. The van der Waals surface area contributed by atoms with Crippen molar-refractivity contribution in [1.82, 2.24) is 5.32 Å². The molecule has 1 N–H and O–H groups in total. The highest BCUT2D eigenvalue weighted by Gasteiger charge is 2.28. The number of rotatable bonds is 8. The molecule has 7 heteroatoms. The van der Waals surface area contributed by atoms with Gasteiger partial charge in [0.15, 0.2) is 0 Å². The van der Waals surface area contributed by atoms with E-state index < -0.39 is 10.0 Å².